The molecule has 4 heteroatoms. The molecule has 66 valence electrons. The smallest absolute Gasteiger partial charge is 0.219 e. The maximum Gasteiger partial charge on any atom is 0.219 e. The summed E-state index contributed by atoms with van der Waals surface area (Å²) in [6.07, 6.45) is 2.85. The molecule has 0 bridgehead atoms. The summed E-state index contributed by atoms with van der Waals surface area (Å²) in [7, 11) is 0. The Kier molecular flexibility index (Phi) is 2.37. The van der Waals surface area contributed by atoms with E-state index in [0.29, 0.717) is 11.8 Å². The molecule has 3 nitrogen and oxygen atoms in total. The Morgan fingerprint density at radius 3 is 3.25 bits per heavy atom. The van der Waals surface area contributed by atoms with Gasteiger partial charge in [0.15, 0.2) is 0 Å². The van der Waals surface area contributed by atoms with Gasteiger partial charge in [0, 0.05) is 11.7 Å². The number of rotatable bonds is 2. The van der Waals surface area contributed by atoms with E-state index >= 15 is 0 Å². The second kappa shape index (κ2) is 3.49. The molecule has 0 aromatic carbocycles. The summed E-state index contributed by atoms with van der Waals surface area (Å²) in [5.41, 5.74) is 1.00. The summed E-state index contributed by atoms with van der Waals surface area (Å²) < 4.78 is 5.06. The zero-order chi connectivity index (χ0) is 8.39. The van der Waals surface area contributed by atoms with E-state index in [1.807, 2.05) is 11.8 Å². The number of thioether (sulfide) groups is 1. The second-order valence-corrected chi connectivity index (χ2v) is 4.03. The van der Waals surface area contributed by atoms with E-state index < -0.39 is 0 Å². The molecule has 1 fully saturated rings. The van der Waals surface area contributed by atoms with Gasteiger partial charge >= 0.3 is 0 Å². The van der Waals surface area contributed by atoms with Crippen molar-refractivity contribution in [1.82, 2.24) is 4.98 Å². The van der Waals surface area contributed by atoms with Crippen molar-refractivity contribution in [3.05, 3.63) is 17.8 Å². The van der Waals surface area contributed by atoms with Crippen LogP contribution in [0.15, 0.2) is 10.7 Å². The molecule has 1 N–H and O–H groups in total. The Labute approximate surface area is 75.2 Å². The predicted molar refractivity (Wildman–Crippen MR) is 47.1 cm³/mol. The molecule has 0 aliphatic carbocycles. The summed E-state index contributed by atoms with van der Waals surface area (Å²) in [5, 5.41) is 8.73. The normalized spacial score (nSPS) is 23.2. The topological polar surface area (TPSA) is 46.3 Å². The Bertz CT molecular complexity index is 255. The highest BCUT2D eigenvalue weighted by Gasteiger charge is 2.20. The maximum absolute atomic E-state index is 8.73. The molecule has 0 spiro atoms. The minimum absolute atomic E-state index is 0.0974. The van der Waals surface area contributed by atoms with Gasteiger partial charge in [0.2, 0.25) is 5.89 Å². The first kappa shape index (κ1) is 8.13. The van der Waals surface area contributed by atoms with Crippen LogP contribution in [0.2, 0.25) is 0 Å². The molecule has 12 heavy (non-hydrogen) atoms. The Balaban J connectivity index is 2.11. The quantitative estimate of drug-likeness (QED) is 0.756. The van der Waals surface area contributed by atoms with Gasteiger partial charge in [0.1, 0.15) is 12.9 Å². The van der Waals surface area contributed by atoms with Gasteiger partial charge in [0.05, 0.1) is 5.69 Å². The van der Waals surface area contributed by atoms with Crippen molar-refractivity contribution < 1.29 is 9.52 Å². The van der Waals surface area contributed by atoms with Gasteiger partial charge in [-0.3, -0.25) is 0 Å². The van der Waals surface area contributed by atoms with Gasteiger partial charge in [-0.25, -0.2) is 4.98 Å². The summed E-state index contributed by atoms with van der Waals surface area (Å²) in [6.45, 7) is -0.0974. The zero-order valence-corrected chi connectivity index (χ0v) is 7.51. The monoisotopic (exact) mass is 185 g/mol. The summed E-state index contributed by atoms with van der Waals surface area (Å²) in [5.74, 6) is 3.32. The molecular weight excluding hydrogens is 174 g/mol. The molecule has 0 radical (unpaired) electrons. The van der Waals surface area contributed by atoms with Crippen LogP contribution < -0.4 is 0 Å². The zero-order valence-electron chi connectivity index (χ0n) is 6.69. The van der Waals surface area contributed by atoms with Gasteiger partial charge in [-0.15, -0.1) is 0 Å². The minimum Gasteiger partial charge on any atom is -0.446 e. The van der Waals surface area contributed by atoms with E-state index in [4.69, 9.17) is 9.52 Å². The lowest BCUT2D eigenvalue weighted by Crippen LogP contribution is -1.96. The molecule has 1 unspecified atom stereocenters. The van der Waals surface area contributed by atoms with E-state index in [-0.39, 0.29) is 6.61 Å². The molecule has 0 amide bonds. The Morgan fingerprint density at radius 1 is 1.75 bits per heavy atom. The third-order valence-electron chi connectivity index (χ3n) is 2.05. The predicted octanol–water partition coefficient (Wildman–Crippen LogP) is 1.39. The molecular formula is C8H11NO2S. The first-order valence-electron chi connectivity index (χ1n) is 4.03. The van der Waals surface area contributed by atoms with Crippen LogP contribution >= 0.6 is 11.8 Å². The summed E-state index contributed by atoms with van der Waals surface area (Å²) >= 11 is 1.95. The maximum atomic E-state index is 8.73. The number of nitrogens with zero attached hydrogens (tertiary/aromatic N) is 1. The molecule has 1 aliphatic heterocycles. The lowest BCUT2D eigenvalue weighted by atomic mass is 10.1. The van der Waals surface area contributed by atoms with Gasteiger partial charge in [0.25, 0.3) is 0 Å². The van der Waals surface area contributed by atoms with Crippen LogP contribution in [-0.2, 0) is 6.61 Å². The standard InChI is InChI=1S/C8H11NO2S/c10-3-8-9-7(4-11-8)6-1-2-12-5-6/h4,6,10H,1-3,5H2. The average molecular weight is 185 g/mol. The molecule has 1 aliphatic rings. The average Bonchev–Trinajstić information content (AvgIpc) is 2.75. The molecule has 2 rings (SSSR count). The van der Waals surface area contributed by atoms with Crippen LogP contribution in [0.25, 0.3) is 0 Å². The van der Waals surface area contributed by atoms with Crippen LogP contribution in [0.4, 0.5) is 0 Å². The van der Waals surface area contributed by atoms with Crippen molar-refractivity contribution in [2.45, 2.75) is 18.9 Å². The highest BCUT2D eigenvalue weighted by atomic mass is 32.2. The molecule has 0 saturated carbocycles. The number of aliphatic hydroxyl groups excluding tert-OH is 1. The first-order chi connectivity index (χ1) is 5.90. The van der Waals surface area contributed by atoms with Crippen LogP contribution in [0.1, 0.15) is 23.9 Å². The number of aliphatic hydroxyl groups is 1. The fourth-order valence-electron chi connectivity index (χ4n) is 1.35. The summed E-state index contributed by atoms with van der Waals surface area (Å²) in [4.78, 5) is 4.18. The summed E-state index contributed by atoms with van der Waals surface area (Å²) in [6, 6.07) is 0. The lowest BCUT2D eigenvalue weighted by Gasteiger charge is -2.00. The second-order valence-electron chi connectivity index (χ2n) is 2.88. The number of aromatic nitrogens is 1. The van der Waals surface area contributed by atoms with Gasteiger partial charge in [-0.05, 0) is 12.2 Å². The van der Waals surface area contributed by atoms with Crippen molar-refractivity contribution >= 4 is 11.8 Å². The lowest BCUT2D eigenvalue weighted by molar-refractivity contribution is 0.240. The van der Waals surface area contributed by atoms with E-state index in [2.05, 4.69) is 4.98 Å². The van der Waals surface area contributed by atoms with Crippen LogP contribution in [-0.4, -0.2) is 21.6 Å². The third-order valence-corrected chi connectivity index (χ3v) is 3.22. The number of oxazole rings is 1. The van der Waals surface area contributed by atoms with Crippen molar-refractivity contribution in [3.63, 3.8) is 0 Å². The molecule has 1 atom stereocenters. The SMILES string of the molecule is OCc1nc(C2CCSC2)co1. The minimum atomic E-state index is -0.0974. The highest BCUT2D eigenvalue weighted by molar-refractivity contribution is 7.99. The number of hydrogen-bond acceptors (Lipinski definition) is 4. The van der Waals surface area contributed by atoms with E-state index in [1.165, 1.54) is 12.2 Å². The van der Waals surface area contributed by atoms with Crippen molar-refractivity contribution in [3.8, 4) is 0 Å². The van der Waals surface area contributed by atoms with Gasteiger partial charge in [-0.1, -0.05) is 0 Å². The van der Waals surface area contributed by atoms with E-state index in [0.717, 1.165) is 11.4 Å². The Morgan fingerprint density at radius 2 is 2.67 bits per heavy atom. The van der Waals surface area contributed by atoms with Crippen LogP contribution in [0.5, 0.6) is 0 Å². The molecule has 1 saturated heterocycles. The number of hydrogen-bond donors (Lipinski definition) is 1. The highest BCUT2D eigenvalue weighted by Crippen LogP contribution is 2.31. The van der Waals surface area contributed by atoms with Gasteiger partial charge < -0.3 is 9.52 Å². The van der Waals surface area contributed by atoms with Crippen molar-refractivity contribution in [1.29, 1.82) is 0 Å². The largest absolute Gasteiger partial charge is 0.446 e. The van der Waals surface area contributed by atoms with E-state index in [9.17, 15) is 0 Å². The van der Waals surface area contributed by atoms with E-state index in [1.54, 1.807) is 6.26 Å². The first-order valence-corrected chi connectivity index (χ1v) is 5.18. The molecule has 2 heterocycles. The van der Waals surface area contributed by atoms with Crippen molar-refractivity contribution in [2.24, 2.45) is 0 Å². The fourth-order valence-corrected chi connectivity index (χ4v) is 2.59. The van der Waals surface area contributed by atoms with Crippen LogP contribution in [0, 0.1) is 0 Å². The van der Waals surface area contributed by atoms with Crippen molar-refractivity contribution in [2.75, 3.05) is 11.5 Å². The fraction of sp³-hybridized carbons (Fsp3) is 0.625. The van der Waals surface area contributed by atoms with Crippen LogP contribution in [0.3, 0.4) is 0 Å². The third kappa shape index (κ3) is 1.49. The molecule has 1 aromatic rings. The Hall–Kier alpha value is -0.480. The van der Waals surface area contributed by atoms with Gasteiger partial charge in [-0.2, -0.15) is 11.8 Å². The molecule has 1 aromatic heterocycles.